The summed E-state index contributed by atoms with van der Waals surface area (Å²) in [5.74, 6) is 2.23. The van der Waals surface area contributed by atoms with Crippen molar-refractivity contribution in [3.63, 3.8) is 0 Å². The van der Waals surface area contributed by atoms with Gasteiger partial charge in [-0.15, -0.1) is 0 Å². The van der Waals surface area contributed by atoms with Crippen molar-refractivity contribution in [1.29, 1.82) is 0 Å². The number of fused-ring (bicyclic) bond motifs is 2. The van der Waals surface area contributed by atoms with Crippen molar-refractivity contribution >= 4 is 17.1 Å². The van der Waals surface area contributed by atoms with Crippen LogP contribution >= 0.6 is 0 Å². The van der Waals surface area contributed by atoms with Gasteiger partial charge in [-0.1, -0.05) is 37.3 Å². The van der Waals surface area contributed by atoms with Crippen molar-refractivity contribution in [1.82, 2.24) is 0 Å². The summed E-state index contributed by atoms with van der Waals surface area (Å²) in [6, 6.07) is 16.7. The summed E-state index contributed by atoms with van der Waals surface area (Å²) in [4.78, 5) is 7.09. The molecular formula is C26H28N2O. The van der Waals surface area contributed by atoms with Crippen LogP contribution in [0.3, 0.4) is 0 Å². The van der Waals surface area contributed by atoms with Gasteiger partial charge in [0.2, 0.25) is 0 Å². The zero-order chi connectivity index (χ0) is 20.2. The SMILES string of the molecule is CCN(CC)c1ccc2c(c1)OC1=CC(=Nc3ccccc3)C=C/C1=C\CC2C. The van der Waals surface area contributed by atoms with Crippen molar-refractivity contribution in [3.05, 3.63) is 89.7 Å². The van der Waals surface area contributed by atoms with Gasteiger partial charge in [0.05, 0.1) is 11.4 Å². The molecule has 0 bridgehead atoms. The van der Waals surface area contributed by atoms with E-state index in [1.54, 1.807) is 0 Å². The molecule has 1 unspecified atom stereocenters. The molecule has 3 nitrogen and oxygen atoms in total. The van der Waals surface area contributed by atoms with Crippen LogP contribution in [-0.4, -0.2) is 18.8 Å². The molecule has 1 heterocycles. The van der Waals surface area contributed by atoms with Crippen molar-refractivity contribution in [3.8, 4) is 5.75 Å². The Hall–Kier alpha value is -3.07. The van der Waals surface area contributed by atoms with E-state index in [2.05, 4.69) is 62.1 Å². The quantitative estimate of drug-likeness (QED) is 0.595. The second-order valence-corrected chi connectivity index (χ2v) is 7.51. The van der Waals surface area contributed by atoms with E-state index in [9.17, 15) is 0 Å². The van der Waals surface area contributed by atoms with E-state index in [0.717, 1.165) is 48.0 Å². The highest BCUT2D eigenvalue weighted by molar-refractivity contribution is 6.07. The van der Waals surface area contributed by atoms with Crippen LogP contribution in [0.25, 0.3) is 0 Å². The molecule has 1 atom stereocenters. The normalized spacial score (nSPS) is 21.1. The minimum Gasteiger partial charge on any atom is -0.456 e. The highest BCUT2D eigenvalue weighted by atomic mass is 16.5. The lowest BCUT2D eigenvalue weighted by atomic mass is 9.92. The van der Waals surface area contributed by atoms with Gasteiger partial charge < -0.3 is 9.64 Å². The van der Waals surface area contributed by atoms with Gasteiger partial charge in [-0.05, 0) is 62.1 Å². The van der Waals surface area contributed by atoms with E-state index in [0.29, 0.717) is 5.92 Å². The number of para-hydroxylation sites is 1. The standard InChI is InChI=1S/C26H28N2O/c1-4-28(5-2)23-15-16-24-19(3)11-12-20-13-14-22(17-25(20)29-26(24)18-23)27-21-9-7-6-8-10-21/h6-10,12-19H,4-5,11H2,1-3H3/b20-12+,27-22?. The lowest BCUT2D eigenvalue weighted by Gasteiger charge is -2.26. The van der Waals surface area contributed by atoms with Crippen LogP contribution in [0.15, 0.2) is 89.2 Å². The predicted molar refractivity (Wildman–Crippen MR) is 123 cm³/mol. The molecule has 4 rings (SSSR count). The Morgan fingerprint density at radius 1 is 1.03 bits per heavy atom. The summed E-state index contributed by atoms with van der Waals surface area (Å²) in [7, 11) is 0. The maximum atomic E-state index is 6.49. The lowest BCUT2D eigenvalue weighted by Crippen LogP contribution is -2.22. The Morgan fingerprint density at radius 3 is 2.59 bits per heavy atom. The fourth-order valence-corrected chi connectivity index (χ4v) is 3.85. The zero-order valence-electron chi connectivity index (χ0n) is 17.4. The van der Waals surface area contributed by atoms with Crippen LogP contribution in [0, 0.1) is 0 Å². The highest BCUT2D eigenvalue weighted by Gasteiger charge is 2.21. The highest BCUT2D eigenvalue weighted by Crippen LogP contribution is 2.38. The molecule has 0 spiro atoms. The van der Waals surface area contributed by atoms with Gasteiger partial charge in [-0.25, -0.2) is 4.99 Å². The smallest absolute Gasteiger partial charge is 0.136 e. The largest absolute Gasteiger partial charge is 0.456 e. The van der Waals surface area contributed by atoms with Gasteiger partial charge >= 0.3 is 0 Å². The van der Waals surface area contributed by atoms with Crippen LogP contribution in [0.5, 0.6) is 5.75 Å². The summed E-state index contributed by atoms with van der Waals surface area (Å²) in [6.07, 6.45) is 9.48. The molecule has 1 aliphatic carbocycles. The average Bonchev–Trinajstić information content (AvgIpc) is 2.74. The van der Waals surface area contributed by atoms with Gasteiger partial charge in [-0.3, -0.25) is 0 Å². The summed E-state index contributed by atoms with van der Waals surface area (Å²) < 4.78 is 6.49. The summed E-state index contributed by atoms with van der Waals surface area (Å²) in [5.41, 5.74) is 5.44. The third-order valence-corrected chi connectivity index (χ3v) is 5.58. The van der Waals surface area contributed by atoms with Gasteiger partial charge in [0, 0.05) is 36.5 Å². The van der Waals surface area contributed by atoms with Crippen LogP contribution in [0.4, 0.5) is 11.4 Å². The molecule has 0 saturated carbocycles. The number of hydrogen-bond acceptors (Lipinski definition) is 3. The number of nitrogens with zero attached hydrogens (tertiary/aromatic N) is 2. The average molecular weight is 385 g/mol. The second kappa shape index (κ2) is 8.52. The van der Waals surface area contributed by atoms with E-state index in [1.165, 1.54) is 11.3 Å². The number of ether oxygens (including phenoxy) is 1. The van der Waals surface area contributed by atoms with E-state index < -0.39 is 0 Å². The second-order valence-electron chi connectivity index (χ2n) is 7.51. The lowest BCUT2D eigenvalue weighted by molar-refractivity contribution is 0.425. The molecule has 1 aliphatic heterocycles. The van der Waals surface area contributed by atoms with Crippen LogP contribution < -0.4 is 9.64 Å². The van der Waals surface area contributed by atoms with E-state index in [1.807, 2.05) is 36.4 Å². The number of anilines is 1. The van der Waals surface area contributed by atoms with E-state index in [4.69, 9.17) is 9.73 Å². The number of allylic oxidation sites excluding steroid dienone is 4. The Balaban J connectivity index is 1.72. The van der Waals surface area contributed by atoms with Gasteiger partial charge in [0.15, 0.2) is 0 Å². The van der Waals surface area contributed by atoms with Gasteiger partial charge in [-0.2, -0.15) is 0 Å². The zero-order valence-corrected chi connectivity index (χ0v) is 17.4. The summed E-state index contributed by atoms with van der Waals surface area (Å²) >= 11 is 0. The van der Waals surface area contributed by atoms with Crippen molar-refractivity contribution in [2.75, 3.05) is 18.0 Å². The fourth-order valence-electron chi connectivity index (χ4n) is 3.85. The minimum atomic E-state index is 0.414. The van der Waals surface area contributed by atoms with Gasteiger partial charge in [0.1, 0.15) is 11.5 Å². The molecule has 2 aromatic carbocycles. The maximum absolute atomic E-state index is 6.49. The topological polar surface area (TPSA) is 24.8 Å². The van der Waals surface area contributed by atoms with Gasteiger partial charge in [0.25, 0.3) is 0 Å². The summed E-state index contributed by atoms with van der Waals surface area (Å²) in [6.45, 7) is 8.60. The van der Waals surface area contributed by atoms with Crippen molar-refractivity contribution < 1.29 is 4.74 Å². The van der Waals surface area contributed by atoms with Crippen LogP contribution in [0.2, 0.25) is 0 Å². The predicted octanol–water partition coefficient (Wildman–Crippen LogP) is 6.57. The molecule has 29 heavy (non-hydrogen) atoms. The first-order chi connectivity index (χ1) is 14.2. The molecule has 0 saturated heterocycles. The number of benzene rings is 2. The minimum absolute atomic E-state index is 0.414. The van der Waals surface area contributed by atoms with Crippen molar-refractivity contribution in [2.45, 2.75) is 33.1 Å². The number of aliphatic imine (C=N–C) groups is 1. The molecule has 2 aromatic rings. The first-order valence-corrected chi connectivity index (χ1v) is 10.5. The molecule has 3 heteroatoms. The first-order valence-electron chi connectivity index (χ1n) is 10.5. The first kappa shape index (κ1) is 19.3. The molecule has 0 radical (unpaired) electrons. The Labute approximate surface area is 173 Å². The molecule has 0 aromatic heterocycles. The fraction of sp³-hybridized carbons (Fsp3) is 0.269. The van der Waals surface area contributed by atoms with E-state index in [-0.39, 0.29) is 0 Å². The Morgan fingerprint density at radius 2 is 1.83 bits per heavy atom. The third kappa shape index (κ3) is 4.19. The van der Waals surface area contributed by atoms with E-state index >= 15 is 0 Å². The molecule has 0 N–H and O–H groups in total. The Bertz CT molecular complexity index is 995. The summed E-state index contributed by atoms with van der Waals surface area (Å²) in [5, 5.41) is 0. The molecule has 0 amide bonds. The Kier molecular flexibility index (Phi) is 5.66. The number of rotatable bonds is 4. The molecule has 148 valence electrons. The van der Waals surface area contributed by atoms with Crippen LogP contribution in [0.1, 0.15) is 38.7 Å². The van der Waals surface area contributed by atoms with Crippen LogP contribution in [-0.2, 0) is 0 Å². The third-order valence-electron chi connectivity index (χ3n) is 5.58. The van der Waals surface area contributed by atoms with Crippen molar-refractivity contribution in [2.24, 2.45) is 4.99 Å². The maximum Gasteiger partial charge on any atom is 0.136 e. The number of hydrogen-bond donors (Lipinski definition) is 0. The molecular weight excluding hydrogens is 356 g/mol. The molecule has 0 fully saturated rings. The monoisotopic (exact) mass is 384 g/mol. The molecule has 2 aliphatic rings.